The van der Waals surface area contributed by atoms with Crippen molar-refractivity contribution in [3.63, 3.8) is 0 Å². The Bertz CT molecular complexity index is 997. The van der Waals surface area contributed by atoms with Gasteiger partial charge in [-0.25, -0.2) is 0 Å². The standard InChI is InChI=1S/C24H27N3O3/c1-2-26-11-9-24(10-12-26)27-20(18-5-3-4-6-21(18)30-24)16-19(25-27)17-7-8-22-23(15-17)29-14-13-28-22/h3-8,15-16,20,25H,2,9-14H2,1H3/p+1/t20-/m1/s1. The molecule has 6 heteroatoms. The number of benzene rings is 2. The van der Waals surface area contributed by atoms with Crippen LogP contribution in [-0.4, -0.2) is 43.6 Å². The molecule has 4 aliphatic rings. The molecule has 4 heterocycles. The molecular formula is C24H28N3O3+. The van der Waals surface area contributed by atoms with E-state index >= 15 is 0 Å². The Balaban J connectivity index is 1.37. The molecule has 1 atom stereocenters. The van der Waals surface area contributed by atoms with Crippen LogP contribution in [0.4, 0.5) is 0 Å². The van der Waals surface area contributed by atoms with Gasteiger partial charge < -0.3 is 24.5 Å². The number of nitrogens with one attached hydrogen (secondary N) is 2. The summed E-state index contributed by atoms with van der Waals surface area (Å²) in [5.74, 6) is 2.65. The van der Waals surface area contributed by atoms with Crippen molar-refractivity contribution in [2.75, 3.05) is 32.8 Å². The lowest BCUT2D eigenvalue weighted by Crippen LogP contribution is -3.13. The maximum atomic E-state index is 6.71. The molecule has 4 aliphatic heterocycles. The summed E-state index contributed by atoms with van der Waals surface area (Å²) < 4.78 is 18.2. The molecule has 1 fully saturated rings. The molecule has 0 aliphatic carbocycles. The third kappa shape index (κ3) is 2.78. The lowest BCUT2D eigenvalue weighted by atomic mass is 9.93. The van der Waals surface area contributed by atoms with Gasteiger partial charge in [-0.1, -0.05) is 18.2 Å². The number of rotatable bonds is 2. The SMILES string of the molecule is CC[NH+]1CCC2(CC1)Oc1ccccc1[C@H]1C=C(c3ccc4c(c3)OCCO4)NN12. The number of piperidine rings is 1. The van der Waals surface area contributed by atoms with Crippen molar-refractivity contribution in [3.8, 4) is 17.2 Å². The topological polar surface area (TPSA) is 47.4 Å². The van der Waals surface area contributed by atoms with Gasteiger partial charge >= 0.3 is 0 Å². The smallest absolute Gasteiger partial charge is 0.191 e. The molecule has 156 valence electrons. The van der Waals surface area contributed by atoms with Crippen molar-refractivity contribution in [2.24, 2.45) is 0 Å². The number of fused-ring (bicyclic) bond motifs is 5. The summed E-state index contributed by atoms with van der Waals surface area (Å²) in [4.78, 5) is 1.65. The van der Waals surface area contributed by atoms with Gasteiger partial charge in [0.1, 0.15) is 19.0 Å². The first kappa shape index (κ1) is 18.1. The van der Waals surface area contributed by atoms with Crippen LogP contribution >= 0.6 is 0 Å². The highest BCUT2D eigenvalue weighted by Crippen LogP contribution is 2.48. The van der Waals surface area contributed by atoms with Crippen molar-refractivity contribution >= 4 is 5.70 Å². The molecule has 0 amide bonds. The molecule has 1 spiro atoms. The molecule has 0 radical (unpaired) electrons. The van der Waals surface area contributed by atoms with Gasteiger partial charge in [0.05, 0.1) is 44.2 Å². The van der Waals surface area contributed by atoms with Crippen LogP contribution in [0.1, 0.15) is 36.9 Å². The molecule has 2 aromatic rings. The Kier molecular flexibility index (Phi) is 4.18. The van der Waals surface area contributed by atoms with Crippen LogP contribution in [0.15, 0.2) is 48.5 Å². The Hall–Kier alpha value is -2.70. The van der Waals surface area contributed by atoms with E-state index in [2.05, 4.69) is 59.8 Å². The first-order valence-electron chi connectivity index (χ1n) is 11.1. The fraction of sp³-hybridized carbons (Fsp3) is 0.417. The van der Waals surface area contributed by atoms with Crippen LogP contribution in [0.2, 0.25) is 0 Å². The second kappa shape index (κ2) is 6.93. The molecule has 6 rings (SSSR count). The summed E-state index contributed by atoms with van der Waals surface area (Å²) in [6.45, 7) is 6.90. The van der Waals surface area contributed by atoms with Gasteiger partial charge in [-0.2, -0.15) is 5.01 Å². The van der Waals surface area contributed by atoms with Gasteiger partial charge in [0, 0.05) is 11.1 Å². The predicted molar refractivity (Wildman–Crippen MR) is 113 cm³/mol. The lowest BCUT2D eigenvalue weighted by Gasteiger charge is -2.50. The zero-order valence-corrected chi connectivity index (χ0v) is 17.3. The van der Waals surface area contributed by atoms with E-state index in [0.717, 1.165) is 54.4 Å². The highest BCUT2D eigenvalue weighted by Gasteiger charge is 2.52. The van der Waals surface area contributed by atoms with E-state index in [1.54, 1.807) is 4.90 Å². The summed E-state index contributed by atoms with van der Waals surface area (Å²) >= 11 is 0. The van der Waals surface area contributed by atoms with Crippen molar-refractivity contribution in [1.29, 1.82) is 0 Å². The number of hydrazine groups is 1. The van der Waals surface area contributed by atoms with Gasteiger partial charge in [0.2, 0.25) is 0 Å². The number of ether oxygens (including phenoxy) is 3. The molecule has 2 aromatic carbocycles. The number of likely N-dealkylation sites (tertiary alicyclic amines) is 1. The molecular weight excluding hydrogens is 378 g/mol. The van der Waals surface area contributed by atoms with Gasteiger partial charge in [-0.05, 0) is 37.3 Å². The summed E-state index contributed by atoms with van der Waals surface area (Å²) in [5, 5.41) is 2.36. The van der Waals surface area contributed by atoms with Gasteiger partial charge in [-0.3, -0.25) is 0 Å². The van der Waals surface area contributed by atoms with Crippen LogP contribution in [0.25, 0.3) is 5.70 Å². The van der Waals surface area contributed by atoms with E-state index in [-0.39, 0.29) is 11.8 Å². The molecule has 6 nitrogen and oxygen atoms in total. The zero-order chi connectivity index (χ0) is 20.1. The third-order valence-corrected chi connectivity index (χ3v) is 6.91. The van der Waals surface area contributed by atoms with E-state index in [9.17, 15) is 0 Å². The first-order valence-corrected chi connectivity index (χ1v) is 11.1. The number of hydrogen-bond acceptors (Lipinski definition) is 5. The van der Waals surface area contributed by atoms with E-state index in [1.807, 2.05) is 6.07 Å². The van der Waals surface area contributed by atoms with Crippen molar-refractivity contribution < 1.29 is 19.1 Å². The molecule has 0 bridgehead atoms. The van der Waals surface area contributed by atoms with Crippen LogP contribution < -0.4 is 24.5 Å². The monoisotopic (exact) mass is 406 g/mol. The second-order valence-electron chi connectivity index (χ2n) is 8.56. The first-order chi connectivity index (χ1) is 14.8. The van der Waals surface area contributed by atoms with Crippen molar-refractivity contribution in [3.05, 3.63) is 59.7 Å². The third-order valence-electron chi connectivity index (χ3n) is 6.91. The van der Waals surface area contributed by atoms with Crippen LogP contribution in [0.3, 0.4) is 0 Å². The lowest BCUT2D eigenvalue weighted by molar-refractivity contribution is -0.906. The van der Waals surface area contributed by atoms with E-state index < -0.39 is 0 Å². The average molecular weight is 407 g/mol. The van der Waals surface area contributed by atoms with E-state index in [4.69, 9.17) is 14.2 Å². The number of para-hydroxylation sites is 1. The number of quaternary nitrogens is 1. The fourth-order valence-electron chi connectivity index (χ4n) is 5.19. The maximum Gasteiger partial charge on any atom is 0.191 e. The van der Waals surface area contributed by atoms with E-state index in [1.165, 1.54) is 12.1 Å². The van der Waals surface area contributed by atoms with Crippen molar-refractivity contribution in [2.45, 2.75) is 31.5 Å². The van der Waals surface area contributed by atoms with Crippen LogP contribution in [0.5, 0.6) is 17.2 Å². The Morgan fingerprint density at radius 3 is 2.67 bits per heavy atom. The molecule has 0 saturated carbocycles. The van der Waals surface area contributed by atoms with E-state index in [0.29, 0.717) is 13.2 Å². The van der Waals surface area contributed by atoms with Crippen LogP contribution in [0, 0.1) is 0 Å². The minimum Gasteiger partial charge on any atom is -0.486 e. The minimum atomic E-state index is -0.316. The Labute approximate surface area is 177 Å². The van der Waals surface area contributed by atoms with Gasteiger partial charge in [-0.15, -0.1) is 0 Å². The normalized spacial score (nSPS) is 29.4. The maximum absolute atomic E-state index is 6.71. The molecule has 0 unspecified atom stereocenters. The summed E-state index contributed by atoms with van der Waals surface area (Å²) in [7, 11) is 0. The Morgan fingerprint density at radius 1 is 1.03 bits per heavy atom. The highest BCUT2D eigenvalue weighted by molar-refractivity contribution is 5.70. The fourth-order valence-corrected chi connectivity index (χ4v) is 5.19. The summed E-state index contributed by atoms with van der Waals surface area (Å²) in [5.41, 5.74) is 6.82. The highest BCUT2D eigenvalue weighted by atomic mass is 16.6. The average Bonchev–Trinajstić information content (AvgIpc) is 3.26. The largest absolute Gasteiger partial charge is 0.486 e. The van der Waals surface area contributed by atoms with Gasteiger partial charge in [0.25, 0.3) is 0 Å². The molecule has 1 saturated heterocycles. The number of hydrogen-bond donors (Lipinski definition) is 2. The molecule has 0 aromatic heterocycles. The minimum absolute atomic E-state index is 0.154. The summed E-state index contributed by atoms with van der Waals surface area (Å²) in [6, 6.07) is 14.8. The number of nitrogens with zero attached hydrogens (tertiary/aromatic N) is 1. The quantitative estimate of drug-likeness (QED) is 0.800. The summed E-state index contributed by atoms with van der Waals surface area (Å²) in [6.07, 6.45) is 4.35. The Morgan fingerprint density at radius 2 is 1.83 bits per heavy atom. The van der Waals surface area contributed by atoms with Crippen molar-refractivity contribution in [1.82, 2.24) is 10.4 Å². The molecule has 30 heavy (non-hydrogen) atoms. The van der Waals surface area contributed by atoms with Crippen LogP contribution in [-0.2, 0) is 0 Å². The molecule has 2 N–H and O–H groups in total. The second-order valence-corrected chi connectivity index (χ2v) is 8.56. The van der Waals surface area contributed by atoms with Gasteiger partial charge in [0.15, 0.2) is 17.2 Å². The predicted octanol–water partition coefficient (Wildman–Crippen LogP) is 2.15. The zero-order valence-electron chi connectivity index (χ0n) is 17.3.